The molecule has 0 aliphatic carbocycles. The molecule has 2 aromatic carbocycles. The van der Waals surface area contributed by atoms with Gasteiger partial charge in [0.2, 0.25) is 6.54 Å². The minimum absolute atomic E-state index is 0.221. The molecule has 0 radical (unpaired) electrons. The Bertz CT molecular complexity index is 1300. The Morgan fingerprint density at radius 1 is 1.11 bits per heavy atom. The highest BCUT2D eigenvalue weighted by molar-refractivity contribution is 5.85. The molecular weight excluding hydrogens is 444 g/mol. The van der Waals surface area contributed by atoms with E-state index < -0.39 is 6.17 Å². The average Bonchev–Trinajstić information content (AvgIpc) is 3.31. The van der Waals surface area contributed by atoms with Crippen molar-refractivity contribution in [1.29, 1.82) is 0 Å². The fourth-order valence-corrected chi connectivity index (χ4v) is 6.07. The molecule has 0 bridgehead atoms. The van der Waals surface area contributed by atoms with Crippen molar-refractivity contribution in [1.82, 2.24) is 9.88 Å². The van der Waals surface area contributed by atoms with Crippen molar-refractivity contribution in [2.45, 2.75) is 37.9 Å². The highest BCUT2D eigenvalue weighted by Gasteiger charge is 2.48. The number of fused-ring (bicyclic) bond motifs is 6. The number of aromatic nitrogens is 1. The number of likely N-dealkylation sites (tertiary alicyclic amines) is 1. The van der Waals surface area contributed by atoms with Crippen LogP contribution in [0.4, 0.5) is 5.69 Å². The SMILES string of the molecule is COc1cccc2c1[C@@H]1CN(CCCCC3[N+](=O)Cc4c(ccc5ncccc45)[N+]3=O)C[C@@H]1CO2. The lowest BCUT2D eigenvalue weighted by Crippen LogP contribution is -2.37. The topological polar surface area (TPSA) is 74.8 Å². The maximum absolute atomic E-state index is 13.1. The van der Waals surface area contributed by atoms with Gasteiger partial charge < -0.3 is 14.4 Å². The molecule has 180 valence electrons. The van der Waals surface area contributed by atoms with E-state index in [0.29, 0.717) is 23.9 Å². The summed E-state index contributed by atoms with van der Waals surface area (Å²) in [6, 6.07) is 13.5. The number of nitrogens with zero attached hydrogens (tertiary/aromatic N) is 4. The van der Waals surface area contributed by atoms with Crippen LogP contribution < -0.4 is 9.47 Å². The molecule has 0 amide bonds. The quantitative estimate of drug-likeness (QED) is 0.385. The van der Waals surface area contributed by atoms with Crippen molar-refractivity contribution in [3.05, 3.63) is 69.6 Å². The first-order valence-corrected chi connectivity index (χ1v) is 12.4. The van der Waals surface area contributed by atoms with Crippen molar-refractivity contribution < 1.29 is 19.0 Å². The molecule has 8 nitrogen and oxygen atoms in total. The Balaban J connectivity index is 1.07. The van der Waals surface area contributed by atoms with Crippen LogP contribution in [0.3, 0.4) is 0 Å². The molecule has 3 aliphatic heterocycles. The van der Waals surface area contributed by atoms with E-state index in [1.54, 1.807) is 19.4 Å². The van der Waals surface area contributed by atoms with Gasteiger partial charge in [-0.2, -0.15) is 0 Å². The van der Waals surface area contributed by atoms with Crippen LogP contribution in [0.5, 0.6) is 11.5 Å². The molecule has 0 N–H and O–H groups in total. The number of rotatable bonds is 6. The summed E-state index contributed by atoms with van der Waals surface area (Å²) in [4.78, 5) is 32.7. The average molecular weight is 475 g/mol. The summed E-state index contributed by atoms with van der Waals surface area (Å²) in [5, 5.41) is 0.878. The number of nitroso groups, excluding NO2 is 2. The second kappa shape index (κ2) is 9.00. The molecule has 8 heteroatoms. The summed E-state index contributed by atoms with van der Waals surface area (Å²) in [5.41, 5.74) is 3.37. The molecular formula is C27H30N4O4+2. The zero-order valence-electron chi connectivity index (χ0n) is 19.9. The minimum atomic E-state index is -0.678. The van der Waals surface area contributed by atoms with Crippen LogP contribution in [0, 0.1) is 15.7 Å². The van der Waals surface area contributed by atoms with E-state index in [1.807, 2.05) is 36.4 Å². The van der Waals surface area contributed by atoms with Gasteiger partial charge in [0.05, 0.1) is 30.4 Å². The third-order valence-corrected chi connectivity index (χ3v) is 7.80. The van der Waals surface area contributed by atoms with Gasteiger partial charge in [-0.3, -0.25) is 4.98 Å². The van der Waals surface area contributed by atoms with Crippen LogP contribution in [0.15, 0.2) is 48.7 Å². The van der Waals surface area contributed by atoms with Crippen molar-refractivity contribution in [2.75, 3.05) is 33.4 Å². The van der Waals surface area contributed by atoms with Gasteiger partial charge in [0.25, 0.3) is 5.69 Å². The van der Waals surface area contributed by atoms with E-state index in [-0.39, 0.29) is 6.54 Å². The van der Waals surface area contributed by atoms with Gasteiger partial charge in [0, 0.05) is 58.0 Å². The fraction of sp³-hybridized carbons (Fsp3) is 0.444. The maximum atomic E-state index is 13.1. The van der Waals surface area contributed by atoms with Gasteiger partial charge in [-0.05, 0) is 43.7 Å². The molecule has 1 unspecified atom stereocenters. The molecule has 1 aromatic heterocycles. The first-order chi connectivity index (χ1) is 17.1. The second-order valence-corrected chi connectivity index (χ2v) is 9.82. The summed E-state index contributed by atoms with van der Waals surface area (Å²) in [5.74, 6) is 2.74. The number of pyridine rings is 1. The van der Waals surface area contributed by atoms with Crippen molar-refractivity contribution in [2.24, 2.45) is 5.92 Å². The van der Waals surface area contributed by atoms with E-state index >= 15 is 0 Å². The summed E-state index contributed by atoms with van der Waals surface area (Å²) >= 11 is 0. The predicted octanol–water partition coefficient (Wildman–Crippen LogP) is 4.55. The van der Waals surface area contributed by atoms with Crippen LogP contribution in [0.25, 0.3) is 10.9 Å². The highest BCUT2D eigenvalue weighted by atomic mass is 16.5. The van der Waals surface area contributed by atoms with E-state index in [0.717, 1.165) is 76.6 Å². The Hall–Kier alpha value is -3.39. The third kappa shape index (κ3) is 3.86. The predicted molar refractivity (Wildman–Crippen MR) is 131 cm³/mol. The zero-order valence-corrected chi connectivity index (χ0v) is 19.9. The molecule has 0 saturated carbocycles. The lowest BCUT2D eigenvalue weighted by molar-refractivity contribution is -0.784. The number of hydrogen-bond acceptors (Lipinski definition) is 6. The van der Waals surface area contributed by atoms with Gasteiger partial charge in [-0.1, -0.05) is 12.1 Å². The van der Waals surface area contributed by atoms with E-state index in [2.05, 4.69) is 9.88 Å². The normalized spacial score (nSPS) is 23.5. The molecule has 4 heterocycles. The summed E-state index contributed by atoms with van der Waals surface area (Å²) < 4.78 is 13.5. The zero-order chi connectivity index (χ0) is 23.9. The molecule has 1 saturated heterocycles. The number of hydrogen-bond donors (Lipinski definition) is 0. The van der Waals surface area contributed by atoms with Gasteiger partial charge >= 0.3 is 6.17 Å². The number of ether oxygens (including phenoxy) is 2. The third-order valence-electron chi connectivity index (χ3n) is 7.80. The molecule has 0 spiro atoms. The first kappa shape index (κ1) is 22.1. The monoisotopic (exact) mass is 474 g/mol. The second-order valence-electron chi connectivity index (χ2n) is 9.82. The van der Waals surface area contributed by atoms with Crippen LogP contribution in [0.1, 0.15) is 36.3 Å². The highest BCUT2D eigenvalue weighted by Crippen LogP contribution is 2.46. The summed E-state index contributed by atoms with van der Waals surface area (Å²) in [6.07, 6.45) is 3.38. The van der Waals surface area contributed by atoms with Gasteiger partial charge in [-0.15, -0.1) is 0 Å². The van der Waals surface area contributed by atoms with Crippen LogP contribution in [0.2, 0.25) is 0 Å². The van der Waals surface area contributed by atoms with E-state index in [4.69, 9.17) is 9.47 Å². The molecule has 6 rings (SSSR count). The summed E-state index contributed by atoms with van der Waals surface area (Å²) in [6.45, 7) is 3.90. The van der Waals surface area contributed by atoms with Gasteiger partial charge in [0.1, 0.15) is 21.8 Å². The Morgan fingerprint density at radius 3 is 2.91 bits per heavy atom. The standard InChI is InChI=1S/C27H30N4O4/c1-34-24-7-4-8-25-27(24)20-15-29(14-18(20)17-35-25)13-3-2-9-26-30(32)16-21-19-6-5-12-28-22(19)10-11-23(21)31(26)33/h4-8,10-12,18,20,26H,2-3,9,13-17H2,1H3/q+2/t18-,20-,26?/m1/s1. The molecule has 1 fully saturated rings. The largest absolute Gasteiger partial charge is 0.496 e. The molecule has 3 aliphatic rings. The number of methoxy groups -OCH3 is 1. The Labute approximate surface area is 204 Å². The molecule has 35 heavy (non-hydrogen) atoms. The van der Waals surface area contributed by atoms with Crippen molar-refractivity contribution >= 4 is 16.6 Å². The molecule has 3 atom stereocenters. The fourth-order valence-electron chi connectivity index (χ4n) is 6.07. The van der Waals surface area contributed by atoms with Crippen molar-refractivity contribution in [3.8, 4) is 11.5 Å². The Kier molecular flexibility index (Phi) is 5.68. The molecule has 3 aromatic rings. The summed E-state index contributed by atoms with van der Waals surface area (Å²) in [7, 11) is 1.72. The van der Waals surface area contributed by atoms with Crippen LogP contribution in [-0.4, -0.2) is 58.9 Å². The first-order valence-electron chi connectivity index (χ1n) is 12.4. The minimum Gasteiger partial charge on any atom is -0.496 e. The van der Waals surface area contributed by atoms with Crippen LogP contribution >= 0.6 is 0 Å². The smallest absolute Gasteiger partial charge is 0.437 e. The maximum Gasteiger partial charge on any atom is 0.437 e. The number of benzene rings is 2. The number of unbranched alkanes of at least 4 members (excludes halogenated alkanes) is 1. The van der Waals surface area contributed by atoms with Gasteiger partial charge in [0.15, 0.2) is 0 Å². The lowest BCUT2D eigenvalue weighted by atomic mass is 9.86. The van der Waals surface area contributed by atoms with Gasteiger partial charge in [-0.25, -0.2) is 0 Å². The van der Waals surface area contributed by atoms with E-state index in [9.17, 15) is 9.81 Å². The van der Waals surface area contributed by atoms with Crippen LogP contribution in [-0.2, 0) is 6.54 Å². The van der Waals surface area contributed by atoms with E-state index in [1.165, 1.54) is 5.56 Å². The lowest BCUT2D eigenvalue weighted by Gasteiger charge is -2.29. The van der Waals surface area contributed by atoms with Crippen molar-refractivity contribution in [3.63, 3.8) is 0 Å². The Morgan fingerprint density at radius 2 is 2.03 bits per heavy atom.